The van der Waals surface area contributed by atoms with Gasteiger partial charge in [0, 0.05) is 25.2 Å². The molecule has 10 nitrogen and oxygen atoms in total. The summed E-state index contributed by atoms with van der Waals surface area (Å²) in [5, 5.41) is 18.6. The van der Waals surface area contributed by atoms with E-state index in [4.69, 9.17) is 19.5 Å². The molecule has 1 aromatic heterocycles. The number of hydrogen-bond donors (Lipinski definition) is 0. The highest BCUT2D eigenvalue weighted by atomic mass is 19.1. The van der Waals surface area contributed by atoms with Crippen LogP contribution in [0.5, 0.6) is 17.4 Å². The number of benzene rings is 2. The van der Waals surface area contributed by atoms with Crippen LogP contribution in [-0.2, 0) is 17.9 Å². The van der Waals surface area contributed by atoms with E-state index in [1.165, 1.54) is 33.7 Å². The van der Waals surface area contributed by atoms with Crippen molar-refractivity contribution in [2.24, 2.45) is 0 Å². The molecule has 0 atom stereocenters. The largest absolute Gasteiger partial charge is 0.473 e. The number of rotatable bonds is 5. The second-order valence-electron chi connectivity index (χ2n) is 9.11. The van der Waals surface area contributed by atoms with Gasteiger partial charge in [-0.1, -0.05) is 6.07 Å². The highest BCUT2D eigenvalue weighted by molar-refractivity contribution is 5.87. The third kappa shape index (κ3) is 5.68. The minimum absolute atomic E-state index is 0.0147. The molecule has 1 aliphatic heterocycles. The van der Waals surface area contributed by atoms with Crippen molar-refractivity contribution in [1.82, 2.24) is 9.55 Å². The third-order valence-electron chi connectivity index (χ3n) is 5.24. The first kappa shape index (κ1) is 25.2. The molecule has 1 amide bonds. The van der Waals surface area contributed by atoms with Gasteiger partial charge in [-0.3, -0.25) is 9.47 Å². The van der Waals surface area contributed by atoms with Gasteiger partial charge in [0.25, 0.3) is 0 Å². The van der Waals surface area contributed by atoms with Crippen LogP contribution in [0.1, 0.15) is 37.5 Å². The molecule has 0 saturated carbocycles. The molecule has 2 aromatic carbocycles. The first-order valence-electron chi connectivity index (χ1n) is 11.2. The Morgan fingerprint density at radius 3 is 2.54 bits per heavy atom. The van der Waals surface area contributed by atoms with E-state index in [-0.39, 0.29) is 48.2 Å². The lowest BCUT2D eigenvalue weighted by molar-refractivity contribution is 0.0584. The Bertz CT molecular complexity index is 1510. The Morgan fingerprint density at radius 2 is 1.84 bits per heavy atom. The Morgan fingerprint density at radius 1 is 1.08 bits per heavy atom. The van der Waals surface area contributed by atoms with Gasteiger partial charge >= 0.3 is 11.8 Å². The summed E-state index contributed by atoms with van der Waals surface area (Å²) < 4.78 is 31.7. The molecule has 0 radical (unpaired) electrons. The van der Waals surface area contributed by atoms with Crippen LogP contribution in [0.2, 0.25) is 0 Å². The molecule has 0 fully saturated rings. The first-order chi connectivity index (χ1) is 17.6. The summed E-state index contributed by atoms with van der Waals surface area (Å²) >= 11 is 0. The molecule has 0 aliphatic carbocycles. The molecule has 11 heteroatoms. The van der Waals surface area contributed by atoms with Crippen molar-refractivity contribution in [3.8, 4) is 29.5 Å². The van der Waals surface area contributed by atoms with Crippen molar-refractivity contribution in [2.75, 3.05) is 11.4 Å². The second-order valence-corrected chi connectivity index (χ2v) is 9.11. The maximum Gasteiger partial charge on any atom is 0.416 e. The predicted molar refractivity (Wildman–Crippen MR) is 129 cm³/mol. The summed E-state index contributed by atoms with van der Waals surface area (Å²) in [5.74, 6) is 0.0824. The van der Waals surface area contributed by atoms with Gasteiger partial charge in [-0.05, 0) is 50.6 Å². The zero-order valence-electron chi connectivity index (χ0n) is 20.3. The second kappa shape index (κ2) is 9.99. The van der Waals surface area contributed by atoms with Crippen molar-refractivity contribution in [1.29, 1.82) is 10.5 Å². The summed E-state index contributed by atoms with van der Waals surface area (Å²) in [5.41, 5.74) is -0.658. The average molecular weight is 503 g/mol. The van der Waals surface area contributed by atoms with Crippen LogP contribution < -0.4 is 20.1 Å². The molecule has 0 saturated heterocycles. The van der Waals surface area contributed by atoms with Crippen LogP contribution in [-0.4, -0.2) is 27.8 Å². The van der Waals surface area contributed by atoms with Crippen molar-refractivity contribution in [3.63, 3.8) is 0 Å². The van der Waals surface area contributed by atoms with Gasteiger partial charge in [0.2, 0.25) is 5.88 Å². The topological polar surface area (TPSA) is 130 Å². The molecule has 2 heterocycles. The number of nitriles is 2. The third-order valence-corrected chi connectivity index (χ3v) is 5.24. The van der Waals surface area contributed by atoms with Gasteiger partial charge in [-0.2, -0.15) is 15.5 Å². The molecular weight excluding hydrogens is 481 g/mol. The number of amides is 1. The van der Waals surface area contributed by atoms with E-state index in [1.54, 1.807) is 39.0 Å². The highest BCUT2D eigenvalue weighted by Crippen LogP contribution is 2.28. The maximum atomic E-state index is 13.6. The number of halogens is 1. The van der Waals surface area contributed by atoms with Crippen LogP contribution in [0, 0.1) is 28.5 Å². The zero-order chi connectivity index (χ0) is 26.7. The van der Waals surface area contributed by atoms with E-state index in [0.717, 1.165) is 6.07 Å². The Hall–Kier alpha value is -4.90. The summed E-state index contributed by atoms with van der Waals surface area (Å²) in [6, 6.07) is 13.7. The van der Waals surface area contributed by atoms with Crippen LogP contribution in [0.15, 0.2) is 47.3 Å². The van der Waals surface area contributed by atoms with E-state index in [2.05, 4.69) is 4.98 Å². The molecule has 188 valence electrons. The van der Waals surface area contributed by atoms with Crippen molar-refractivity contribution >= 4 is 11.9 Å². The van der Waals surface area contributed by atoms with Crippen molar-refractivity contribution < 1.29 is 23.4 Å². The van der Waals surface area contributed by atoms with Crippen LogP contribution in [0.4, 0.5) is 15.0 Å². The van der Waals surface area contributed by atoms with E-state index in [0.29, 0.717) is 11.4 Å². The lowest BCUT2D eigenvalue weighted by Crippen LogP contribution is -2.36. The van der Waals surface area contributed by atoms with E-state index in [9.17, 15) is 19.2 Å². The summed E-state index contributed by atoms with van der Waals surface area (Å²) in [4.78, 5) is 30.3. The Kier molecular flexibility index (Phi) is 6.81. The Labute approximate surface area is 211 Å². The fourth-order valence-corrected chi connectivity index (χ4v) is 3.58. The number of hydrogen-bond acceptors (Lipinski definition) is 8. The molecule has 0 unspecified atom stereocenters. The first-order valence-corrected chi connectivity index (χ1v) is 11.2. The monoisotopic (exact) mass is 503 g/mol. The maximum absolute atomic E-state index is 13.6. The number of ether oxygens (including phenoxy) is 3. The molecule has 0 spiro atoms. The zero-order valence-corrected chi connectivity index (χ0v) is 20.3. The van der Waals surface area contributed by atoms with Gasteiger partial charge in [-0.25, -0.2) is 14.0 Å². The van der Waals surface area contributed by atoms with E-state index in [1.807, 2.05) is 6.07 Å². The number of anilines is 1. The Balaban J connectivity index is 1.50. The molecule has 3 aromatic rings. The van der Waals surface area contributed by atoms with E-state index < -0.39 is 23.2 Å². The van der Waals surface area contributed by atoms with Gasteiger partial charge in [0.05, 0.1) is 11.1 Å². The summed E-state index contributed by atoms with van der Waals surface area (Å²) in [6.07, 6.45) is -0.576. The van der Waals surface area contributed by atoms with Gasteiger partial charge in [0.1, 0.15) is 47.5 Å². The highest BCUT2D eigenvalue weighted by Gasteiger charge is 2.30. The molecule has 0 bridgehead atoms. The number of carbonyl (C=O) groups excluding carboxylic acids is 1. The SMILES string of the molecule is CC(C)(C)OC(=O)N1CCn2c1cc(OCc1ccc(Oc3ccc(F)c(C#N)c3)c(C#N)c1)nc2=O. The molecular formula is C26H22FN5O5. The molecule has 37 heavy (non-hydrogen) atoms. The predicted octanol–water partition coefficient (Wildman–Crippen LogP) is 4.25. The number of fused-ring (bicyclic) bond motifs is 1. The normalized spacial score (nSPS) is 12.3. The number of carbonyl (C=O) groups is 1. The van der Waals surface area contributed by atoms with E-state index >= 15 is 0 Å². The quantitative estimate of drug-likeness (QED) is 0.505. The number of aromatic nitrogens is 2. The summed E-state index contributed by atoms with van der Waals surface area (Å²) in [6.45, 7) is 5.80. The summed E-state index contributed by atoms with van der Waals surface area (Å²) in [7, 11) is 0. The number of nitrogens with zero attached hydrogens (tertiary/aromatic N) is 5. The minimum atomic E-state index is -0.694. The standard InChI is InChI=1S/C26H22FN5O5/c1-26(2,3)37-25(34)32-9-8-31-23(32)12-22(30-24(31)33)35-15-16-4-7-21(18(10-16)14-29)36-19-5-6-20(27)17(11-19)13-28/h4-7,10-12H,8-9,15H2,1-3H3. The van der Waals surface area contributed by atoms with Gasteiger partial charge in [-0.15, -0.1) is 0 Å². The van der Waals surface area contributed by atoms with Gasteiger partial charge in [0.15, 0.2) is 0 Å². The lowest BCUT2D eigenvalue weighted by atomic mass is 10.1. The van der Waals surface area contributed by atoms with Crippen LogP contribution in [0.3, 0.4) is 0 Å². The van der Waals surface area contributed by atoms with Crippen LogP contribution in [0.25, 0.3) is 0 Å². The fraction of sp³-hybridized carbons (Fsp3) is 0.269. The van der Waals surface area contributed by atoms with Crippen LogP contribution >= 0.6 is 0 Å². The van der Waals surface area contributed by atoms with Crippen molar-refractivity contribution in [2.45, 2.75) is 39.5 Å². The fourth-order valence-electron chi connectivity index (χ4n) is 3.58. The average Bonchev–Trinajstić information content (AvgIpc) is 3.28. The molecule has 0 N–H and O–H groups in total. The smallest absolute Gasteiger partial charge is 0.416 e. The van der Waals surface area contributed by atoms with Crippen molar-refractivity contribution in [3.05, 3.63) is 75.5 Å². The lowest BCUT2D eigenvalue weighted by Gasteiger charge is -2.24. The van der Waals surface area contributed by atoms with Gasteiger partial charge < -0.3 is 14.2 Å². The minimum Gasteiger partial charge on any atom is -0.473 e. The molecule has 4 rings (SSSR count). The molecule has 1 aliphatic rings.